The molecule has 1 aliphatic heterocycles. The first-order chi connectivity index (χ1) is 14.2. The number of halogens is 1. The minimum atomic E-state index is -0.377. The Morgan fingerprint density at radius 2 is 2.07 bits per heavy atom. The number of pyridine rings is 1. The fourth-order valence-electron chi connectivity index (χ4n) is 3.16. The summed E-state index contributed by atoms with van der Waals surface area (Å²) in [4.78, 5) is 16.7. The Morgan fingerprint density at radius 3 is 2.79 bits per heavy atom. The van der Waals surface area contributed by atoms with E-state index in [1.165, 1.54) is 4.68 Å². The first-order valence-corrected chi connectivity index (χ1v) is 9.86. The van der Waals surface area contributed by atoms with E-state index >= 15 is 0 Å². The van der Waals surface area contributed by atoms with Crippen LogP contribution in [0.3, 0.4) is 0 Å². The van der Waals surface area contributed by atoms with Crippen LogP contribution in [0.15, 0.2) is 59.8 Å². The van der Waals surface area contributed by atoms with Crippen molar-refractivity contribution in [2.24, 2.45) is 5.92 Å². The number of aromatic nitrogens is 3. The molecule has 8 heteroatoms. The number of nitrogens with one attached hydrogen (secondary N) is 1. The summed E-state index contributed by atoms with van der Waals surface area (Å²) in [5.41, 5.74) is 0.759. The van der Waals surface area contributed by atoms with Crippen LogP contribution >= 0.6 is 11.6 Å². The highest BCUT2D eigenvalue weighted by atomic mass is 35.5. The third kappa shape index (κ3) is 4.75. The van der Waals surface area contributed by atoms with Crippen molar-refractivity contribution in [3.8, 4) is 17.2 Å². The van der Waals surface area contributed by atoms with Gasteiger partial charge in [-0.3, -0.25) is 9.78 Å². The fourth-order valence-corrected chi connectivity index (χ4v) is 3.36. The molecule has 4 rings (SSSR count). The molecule has 3 aromatic rings. The third-order valence-electron chi connectivity index (χ3n) is 4.71. The molecule has 2 aromatic heterocycles. The Bertz CT molecular complexity index is 1000. The van der Waals surface area contributed by atoms with Gasteiger partial charge in [-0.05, 0) is 55.2 Å². The van der Waals surface area contributed by atoms with Gasteiger partial charge in [-0.1, -0.05) is 11.6 Å². The molecular weight excluding hydrogens is 392 g/mol. The average molecular weight is 413 g/mol. The maximum absolute atomic E-state index is 12.7. The van der Waals surface area contributed by atoms with Crippen LogP contribution in [0.2, 0.25) is 5.02 Å². The van der Waals surface area contributed by atoms with Crippen LogP contribution in [0.5, 0.6) is 11.5 Å². The Morgan fingerprint density at radius 1 is 1.21 bits per heavy atom. The summed E-state index contributed by atoms with van der Waals surface area (Å²) < 4.78 is 12.5. The van der Waals surface area contributed by atoms with Crippen LogP contribution in [0.1, 0.15) is 12.8 Å². The summed E-state index contributed by atoms with van der Waals surface area (Å²) in [6.07, 6.45) is 7.04. The number of rotatable bonds is 6. The normalized spacial score (nSPS) is 16.4. The van der Waals surface area contributed by atoms with Crippen molar-refractivity contribution in [1.29, 1.82) is 0 Å². The van der Waals surface area contributed by atoms with Crippen LogP contribution in [0, 0.1) is 5.92 Å². The Hall–Kier alpha value is -2.90. The van der Waals surface area contributed by atoms with Gasteiger partial charge in [0.2, 0.25) is 0 Å². The van der Waals surface area contributed by atoms with Crippen LogP contribution in [0.4, 0.5) is 5.69 Å². The quantitative estimate of drug-likeness (QED) is 0.661. The average Bonchev–Trinajstić information content (AvgIpc) is 2.77. The number of hydrogen-bond donors (Lipinski definition) is 1. The fraction of sp³-hybridized carbons (Fsp3) is 0.286. The molecule has 1 saturated heterocycles. The van der Waals surface area contributed by atoms with Crippen LogP contribution < -0.4 is 15.6 Å². The number of anilines is 1. The van der Waals surface area contributed by atoms with E-state index in [1.807, 2.05) is 6.07 Å². The van der Waals surface area contributed by atoms with Crippen LogP contribution in [0.25, 0.3) is 5.69 Å². The highest BCUT2D eigenvalue weighted by Crippen LogP contribution is 2.23. The summed E-state index contributed by atoms with van der Waals surface area (Å²) in [6.45, 7) is 2.24. The molecule has 1 fully saturated rings. The lowest BCUT2D eigenvalue weighted by Gasteiger charge is -2.22. The van der Waals surface area contributed by atoms with Gasteiger partial charge in [-0.25, -0.2) is 0 Å². The smallest absolute Gasteiger partial charge is 0.292 e. The second kappa shape index (κ2) is 9.07. The van der Waals surface area contributed by atoms with Crippen molar-refractivity contribution in [2.75, 3.05) is 25.1 Å². The van der Waals surface area contributed by atoms with Crippen molar-refractivity contribution in [2.45, 2.75) is 12.8 Å². The van der Waals surface area contributed by atoms with Gasteiger partial charge in [0.25, 0.3) is 5.56 Å². The summed E-state index contributed by atoms with van der Waals surface area (Å²) in [6, 6.07) is 10.6. The molecule has 0 saturated carbocycles. The topological polar surface area (TPSA) is 78.3 Å². The van der Waals surface area contributed by atoms with E-state index in [9.17, 15) is 4.79 Å². The summed E-state index contributed by atoms with van der Waals surface area (Å²) in [5.74, 6) is 1.68. The van der Waals surface area contributed by atoms with Gasteiger partial charge in [0.05, 0.1) is 30.4 Å². The maximum Gasteiger partial charge on any atom is 0.292 e. The van der Waals surface area contributed by atoms with Crippen molar-refractivity contribution in [3.05, 3.63) is 70.4 Å². The van der Waals surface area contributed by atoms with E-state index in [0.29, 0.717) is 35.3 Å². The first-order valence-electron chi connectivity index (χ1n) is 9.48. The standard InChI is InChI=1S/C21H21ClN4O3/c22-20-19(24-11-15-3-2-10-28-14-15)13-25-26(21(20)27)16-5-7-17(8-6-16)29-18-4-1-9-23-12-18/h1,4-9,12-13,15,24H,2-3,10-11,14H2/t15-/m0/s1. The predicted molar refractivity (Wildman–Crippen MR) is 111 cm³/mol. The van der Waals surface area contributed by atoms with Gasteiger partial charge in [0, 0.05) is 19.3 Å². The molecule has 0 spiro atoms. The van der Waals surface area contributed by atoms with Crippen molar-refractivity contribution in [1.82, 2.24) is 14.8 Å². The molecule has 0 aliphatic carbocycles. The summed E-state index contributed by atoms with van der Waals surface area (Å²) >= 11 is 6.31. The van der Waals surface area contributed by atoms with Gasteiger partial charge < -0.3 is 14.8 Å². The Kier molecular flexibility index (Phi) is 6.07. The van der Waals surface area contributed by atoms with E-state index < -0.39 is 0 Å². The molecular formula is C21H21ClN4O3. The minimum absolute atomic E-state index is 0.118. The van der Waals surface area contributed by atoms with Crippen molar-refractivity contribution < 1.29 is 9.47 Å². The van der Waals surface area contributed by atoms with Crippen LogP contribution in [-0.4, -0.2) is 34.5 Å². The van der Waals surface area contributed by atoms with E-state index in [4.69, 9.17) is 21.1 Å². The summed E-state index contributed by atoms with van der Waals surface area (Å²) in [5, 5.41) is 7.60. The zero-order valence-electron chi connectivity index (χ0n) is 15.8. The zero-order chi connectivity index (χ0) is 20.1. The Labute approximate surface area is 173 Å². The van der Waals surface area contributed by atoms with Crippen LogP contribution in [-0.2, 0) is 4.74 Å². The number of benzene rings is 1. The summed E-state index contributed by atoms with van der Waals surface area (Å²) in [7, 11) is 0. The van der Waals surface area contributed by atoms with Crippen molar-refractivity contribution in [3.63, 3.8) is 0 Å². The van der Waals surface area contributed by atoms with E-state index in [2.05, 4.69) is 15.4 Å². The molecule has 0 amide bonds. The van der Waals surface area contributed by atoms with Gasteiger partial charge in [-0.15, -0.1) is 0 Å². The van der Waals surface area contributed by atoms with E-state index in [-0.39, 0.29) is 10.6 Å². The molecule has 3 heterocycles. The minimum Gasteiger partial charge on any atom is -0.456 e. The molecule has 1 atom stereocenters. The molecule has 0 radical (unpaired) electrons. The molecule has 1 N–H and O–H groups in total. The van der Waals surface area contributed by atoms with Gasteiger partial charge in [-0.2, -0.15) is 9.78 Å². The lowest BCUT2D eigenvalue weighted by atomic mass is 10.0. The number of hydrogen-bond acceptors (Lipinski definition) is 6. The van der Waals surface area contributed by atoms with Gasteiger partial charge >= 0.3 is 0 Å². The maximum atomic E-state index is 12.7. The molecule has 1 aliphatic rings. The second-order valence-corrected chi connectivity index (χ2v) is 7.22. The Balaban J connectivity index is 1.46. The third-order valence-corrected chi connectivity index (χ3v) is 5.07. The van der Waals surface area contributed by atoms with E-state index in [0.717, 1.165) is 26.1 Å². The van der Waals surface area contributed by atoms with Gasteiger partial charge in [0.15, 0.2) is 0 Å². The highest BCUT2D eigenvalue weighted by Gasteiger charge is 2.16. The molecule has 0 unspecified atom stereocenters. The molecule has 7 nitrogen and oxygen atoms in total. The molecule has 29 heavy (non-hydrogen) atoms. The van der Waals surface area contributed by atoms with Gasteiger partial charge in [0.1, 0.15) is 16.5 Å². The lowest BCUT2D eigenvalue weighted by Crippen LogP contribution is -2.26. The monoisotopic (exact) mass is 412 g/mol. The number of ether oxygens (including phenoxy) is 2. The van der Waals surface area contributed by atoms with E-state index in [1.54, 1.807) is 48.9 Å². The predicted octanol–water partition coefficient (Wildman–Crippen LogP) is 3.91. The molecule has 0 bridgehead atoms. The zero-order valence-corrected chi connectivity index (χ0v) is 16.5. The molecule has 150 valence electrons. The largest absolute Gasteiger partial charge is 0.456 e. The lowest BCUT2D eigenvalue weighted by molar-refractivity contribution is 0.0595. The van der Waals surface area contributed by atoms with Crippen molar-refractivity contribution >= 4 is 17.3 Å². The first kappa shape index (κ1) is 19.4. The second-order valence-electron chi connectivity index (χ2n) is 6.84. The number of nitrogens with zero attached hydrogens (tertiary/aromatic N) is 3. The molecule has 1 aromatic carbocycles. The SMILES string of the molecule is O=c1c(Cl)c(NC[C@@H]2CCCOC2)cnn1-c1ccc(Oc2cccnc2)cc1. The highest BCUT2D eigenvalue weighted by molar-refractivity contribution is 6.32.